The van der Waals surface area contributed by atoms with E-state index in [0.717, 1.165) is 5.69 Å². The monoisotopic (exact) mass is 259 g/mol. The molecule has 2 amide bonds. The van der Waals surface area contributed by atoms with Crippen molar-refractivity contribution in [3.05, 3.63) is 42.2 Å². The molecular weight excluding hydrogens is 242 g/mol. The largest absolute Gasteiger partial charge is 0.363 e. The van der Waals surface area contributed by atoms with Gasteiger partial charge in [0.1, 0.15) is 6.26 Å². The number of anilines is 2. The van der Waals surface area contributed by atoms with Crippen LogP contribution in [0.5, 0.6) is 0 Å². The SMILES string of the molecule is CC(C)(C)c1ccc(NC(=O)Nc2ccon2)cc1. The van der Waals surface area contributed by atoms with Crippen molar-refractivity contribution in [3.63, 3.8) is 0 Å². The van der Waals surface area contributed by atoms with E-state index in [4.69, 9.17) is 0 Å². The molecule has 0 spiro atoms. The fraction of sp³-hybridized carbons (Fsp3) is 0.286. The number of hydrogen-bond donors (Lipinski definition) is 2. The van der Waals surface area contributed by atoms with Crippen molar-refractivity contribution in [2.45, 2.75) is 26.2 Å². The van der Waals surface area contributed by atoms with Crippen molar-refractivity contribution < 1.29 is 9.32 Å². The van der Waals surface area contributed by atoms with Crippen LogP contribution in [0.1, 0.15) is 26.3 Å². The molecule has 0 aliphatic rings. The first-order chi connectivity index (χ1) is 8.95. The van der Waals surface area contributed by atoms with Gasteiger partial charge < -0.3 is 9.84 Å². The van der Waals surface area contributed by atoms with E-state index in [0.29, 0.717) is 5.82 Å². The maximum Gasteiger partial charge on any atom is 0.324 e. The second kappa shape index (κ2) is 5.14. The van der Waals surface area contributed by atoms with Gasteiger partial charge in [-0.25, -0.2) is 4.79 Å². The molecule has 2 N–H and O–H groups in total. The first-order valence-corrected chi connectivity index (χ1v) is 6.04. The number of nitrogens with one attached hydrogen (secondary N) is 2. The molecule has 0 unspecified atom stereocenters. The predicted octanol–water partition coefficient (Wildman–Crippen LogP) is 3.62. The van der Waals surface area contributed by atoms with E-state index >= 15 is 0 Å². The second-order valence-corrected chi connectivity index (χ2v) is 5.29. The third-order valence-electron chi connectivity index (χ3n) is 2.69. The van der Waals surface area contributed by atoms with Crippen molar-refractivity contribution in [3.8, 4) is 0 Å². The Hall–Kier alpha value is -2.30. The average Bonchev–Trinajstić information content (AvgIpc) is 2.81. The third-order valence-corrected chi connectivity index (χ3v) is 2.69. The number of benzene rings is 1. The molecule has 2 rings (SSSR count). The molecule has 0 saturated heterocycles. The molecule has 1 aromatic carbocycles. The maximum absolute atomic E-state index is 11.7. The zero-order valence-electron chi connectivity index (χ0n) is 11.2. The van der Waals surface area contributed by atoms with Crippen LogP contribution in [0.4, 0.5) is 16.3 Å². The van der Waals surface area contributed by atoms with E-state index in [2.05, 4.69) is 41.1 Å². The van der Waals surface area contributed by atoms with Gasteiger partial charge in [0, 0.05) is 11.8 Å². The Morgan fingerprint density at radius 1 is 1.11 bits per heavy atom. The Kier molecular flexibility index (Phi) is 3.55. The minimum atomic E-state index is -0.350. The van der Waals surface area contributed by atoms with Crippen molar-refractivity contribution in [1.29, 1.82) is 0 Å². The highest BCUT2D eigenvalue weighted by molar-refractivity contribution is 5.99. The lowest BCUT2D eigenvalue weighted by Crippen LogP contribution is -2.19. The maximum atomic E-state index is 11.7. The van der Waals surface area contributed by atoms with Gasteiger partial charge in [-0.15, -0.1) is 0 Å². The summed E-state index contributed by atoms with van der Waals surface area (Å²) in [6.07, 6.45) is 1.40. The summed E-state index contributed by atoms with van der Waals surface area (Å²) in [5, 5.41) is 8.88. The molecular formula is C14H17N3O2. The molecule has 5 heteroatoms. The smallest absolute Gasteiger partial charge is 0.324 e. The van der Waals surface area contributed by atoms with Crippen molar-refractivity contribution in [2.75, 3.05) is 10.6 Å². The normalized spacial score (nSPS) is 11.1. The number of carbonyl (C=O) groups is 1. The number of urea groups is 1. The van der Waals surface area contributed by atoms with Crippen LogP contribution in [0.15, 0.2) is 41.1 Å². The fourth-order valence-corrected chi connectivity index (χ4v) is 1.61. The van der Waals surface area contributed by atoms with E-state index in [-0.39, 0.29) is 11.4 Å². The first kappa shape index (κ1) is 13.1. The molecule has 0 atom stereocenters. The molecule has 5 nitrogen and oxygen atoms in total. The van der Waals surface area contributed by atoms with Gasteiger partial charge in [0.25, 0.3) is 0 Å². The molecule has 0 radical (unpaired) electrons. The zero-order chi connectivity index (χ0) is 13.9. The van der Waals surface area contributed by atoms with Gasteiger partial charge in [-0.05, 0) is 23.1 Å². The van der Waals surface area contributed by atoms with Crippen LogP contribution < -0.4 is 10.6 Å². The van der Waals surface area contributed by atoms with Crippen molar-refractivity contribution >= 4 is 17.5 Å². The van der Waals surface area contributed by atoms with Crippen LogP contribution in [-0.4, -0.2) is 11.2 Å². The summed E-state index contributed by atoms with van der Waals surface area (Å²) < 4.78 is 4.63. The topological polar surface area (TPSA) is 67.2 Å². The Morgan fingerprint density at radius 3 is 2.32 bits per heavy atom. The fourth-order valence-electron chi connectivity index (χ4n) is 1.61. The summed E-state index contributed by atoms with van der Waals surface area (Å²) in [6, 6.07) is 8.99. The van der Waals surface area contributed by atoms with Crippen LogP contribution in [-0.2, 0) is 5.41 Å². The molecule has 1 aromatic heterocycles. The number of hydrogen-bond acceptors (Lipinski definition) is 3. The highest BCUT2D eigenvalue weighted by atomic mass is 16.5. The lowest BCUT2D eigenvalue weighted by atomic mass is 9.87. The number of rotatable bonds is 2. The highest BCUT2D eigenvalue weighted by Crippen LogP contribution is 2.23. The van der Waals surface area contributed by atoms with E-state index in [1.165, 1.54) is 11.8 Å². The van der Waals surface area contributed by atoms with Crippen molar-refractivity contribution in [1.82, 2.24) is 5.16 Å². The molecule has 2 aromatic rings. The standard InChI is InChI=1S/C14H17N3O2/c1-14(2,3)10-4-6-11(7-5-10)15-13(18)16-12-8-9-19-17-12/h4-9H,1-3H3,(H2,15,16,17,18). The summed E-state index contributed by atoms with van der Waals surface area (Å²) in [6.45, 7) is 6.44. The summed E-state index contributed by atoms with van der Waals surface area (Å²) in [5.41, 5.74) is 2.05. The highest BCUT2D eigenvalue weighted by Gasteiger charge is 2.13. The van der Waals surface area contributed by atoms with Gasteiger partial charge in [0.15, 0.2) is 5.82 Å². The van der Waals surface area contributed by atoms with Crippen molar-refractivity contribution in [2.24, 2.45) is 0 Å². The molecule has 1 heterocycles. The summed E-state index contributed by atoms with van der Waals surface area (Å²) in [4.78, 5) is 11.7. The lowest BCUT2D eigenvalue weighted by Gasteiger charge is -2.19. The van der Waals surface area contributed by atoms with Gasteiger partial charge in [0.2, 0.25) is 0 Å². The summed E-state index contributed by atoms with van der Waals surface area (Å²) >= 11 is 0. The number of amides is 2. The number of nitrogens with zero attached hydrogens (tertiary/aromatic N) is 1. The number of carbonyl (C=O) groups excluding carboxylic acids is 1. The van der Waals surface area contributed by atoms with Gasteiger partial charge in [-0.1, -0.05) is 38.1 Å². The first-order valence-electron chi connectivity index (χ1n) is 6.04. The Labute approximate surface area is 112 Å². The molecule has 0 bridgehead atoms. The summed E-state index contributed by atoms with van der Waals surface area (Å²) in [7, 11) is 0. The average molecular weight is 259 g/mol. The van der Waals surface area contributed by atoms with Crippen LogP contribution in [0, 0.1) is 0 Å². The zero-order valence-corrected chi connectivity index (χ0v) is 11.2. The molecule has 0 aliphatic heterocycles. The predicted molar refractivity (Wildman–Crippen MR) is 74.3 cm³/mol. The van der Waals surface area contributed by atoms with E-state index in [9.17, 15) is 4.79 Å². The van der Waals surface area contributed by atoms with Gasteiger partial charge >= 0.3 is 6.03 Å². The van der Waals surface area contributed by atoms with Gasteiger partial charge in [0.05, 0.1) is 0 Å². The Balaban J connectivity index is 1.98. The molecule has 0 aliphatic carbocycles. The number of aromatic nitrogens is 1. The molecule has 100 valence electrons. The van der Waals surface area contributed by atoms with Crippen LogP contribution in [0.3, 0.4) is 0 Å². The van der Waals surface area contributed by atoms with Crippen LogP contribution in [0.25, 0.3) is 0 Å². The van der Waals surface area contributed by atoms with Crippen LogP contribution in [0.2, 0.25) is 0 Å². The van der Waals surface area contributed by atoms with Crippen LogP contribution >= 0.6 is 0 Å². The lowest BCUT2D eigenvalue weighted by molar-refractivity contribution is 0.262. The minimum absolute atomic E-state index is 0.0987. The second-order valence-electron chi connectivity index (χ2n) is 5.29. The Bertz CT molecular complexity index is 539. The van der Waals surface area contributed by atoms with E-state index in [1.54, 1.807) is 6.07 Å². The quantitative estimate of drug-likeness (QED) is 0.865. The van der Waals surface area contributed by atoms with Gasteiger partial charge in [-0.3, -0.25) is 5.32 Å². The van der Waals surface area contributed by atoms with E-state index in [1.807, 2.05) is 24.3 Å². The third kappa shape index (κ3) is 3.58. The molecule has 19 heavy (non-hydrogen) atoms. The summed E-state index contributed by atoms with van der Waals surface area (Å²) in [5.74, 6) is 0.379. The molecule has 0 saturated carbocycles. The minimum Gasteiger partial charge on any atom is -0.363 e. The molecule has 0 fully saturated rings. The van der Waals surface area contributed by atoms with E-state index < -0.39 is 0 Å². The van der Waals surface area contributed by atoms with Gasteiger partial charge in [-0.2, -0.15) is 0 Å². The Morgan fingerprint density at radius 2 is 1.79 bits per heavy atom.